The van der Waals surface area contributed by atoms with E-state index >= 15 is 0 Å². The summed E-state index contributed by atoms with van der Waals surface area (Å²) in [5, 5.41) is 10.6. The minimum Gasteiger partial charge on any atom is -0.550 e. The zero-order valence-electron chi connectivity index (χ0n) is 18.4. The topological polar surface area (TPSA) is 52.6 Å². The van der Waals surface area contributed by atoms with Crippen molar-refractivity contribution in [3.63, 3.8) is 0 Å². The van der Waals surface area contributed by atoms with Gasteiger partial charge in [-0.15, -0.1) is 0 Å². The molecule has 0 amide bonds. The van der Waals surface area contributed by atoms with Gasteiger partial charge in [0.2, 0.25) is 0 Å². The van der Waals surface area contributed by atoms with Crippen LogP contribution in [0.5, 0.6) is 5.75 Å². The zero-order valence-corrected chi connectivity index (χ0v) is 20.4. The first kappa shape index (κ1) is 24.3. The van der Waals surface area contributed by atoms with Crippen LogP contribution in [0, 0.1) is 5.82 Å². The second-order valence-corrected chi connectivity index (χ2v) is 7.89. The third-order valence-corrected chi connectivity index (χ3v) is 5.61. The molecule has 0 spiro atoms. The number of carbonyl (C=O) groups excluding carboxylic acids is 1. The third kappa shape index (κ3) is 6.35. The molecule has 160 valence electrons. The van der Waals surface area contributed by atoms with Crippen LogP contribution in [0.2, 0.25) is 0 Å². The number of benzene rings is 3. The predicted octanol–water partition coefficient (Wildman–Crippen LogP) is 1.04. The Morgan fingerprint density at radius 1 is 1.03 bits per heavy atom. The summed E-state index contributed by atoms with van der Waals surface area (Å²) < 4.78 is 20.0. The van der Waals surface area contributed by atoms with Crippen LogP contribution >= 0.6 is 0 Å². The number of aryl methyl sites for hydroxylation is 2. The van der Waals surface area contributed by atoms with Crippen molar-refractivity contribution in [2.75, 3.05) is 11.4 Å². The summed E-state index contributed by atoms with van der Waals surface area (Å²) in [5.74, 6) is -1.22. The van der Waals surface area contributed by atoms with E-state index in [1.807, 2.05) is 6.07 Å². The molecular weight excluding hydrogens is 416 g/mol. The van der Waals surface area contributed by atoms with Gasteiger partial charge in [-0.2, -0.15) is 0 Å². The van der Waals surface area contributed by atoms with Gasteiger partial charge in [0.05, 0.1) is 0 Å². The van der Waals surface area contributed by atoms with Crippen LogP contribution in [0.3, 0.4) is 0 Å². The number of hydrogen-bond donors (Lipinski definition) is 0. The molecular formula is C26H25FNNaO3. The smallest absolute Gasteiger partial charge is 0.550 e. The molecule has 0 atom stereocenters. The van der Waals surface area contributed by atoms with E-state index in [-0.39, 0.29) is 42.4 Å². The van der Waals surface area contributed by atoms with Crippen molar-refractivity contribution in [1.29, 1.82) is 0 Å². The Bertz CT molecular complexity index is 1060. The molecule has 1 aliphatic heterocycles. The first-order valence-electron chi connectivity index (χ1n) is 10.6. The minimum atomic E-state index is -1.19. The molecule has 0 radical (unpaired) electrons. The first-order chi connectivity index (χ1) is 15.1. The maximum absolute atomic E-state index is 14.2. The number of rotatable bonds is 8. The summed E-state index contributed by atoms with van der Waals surface area (Å²) in [6.45, 7) is 2.23. The molecule has 0 N–H and O–H groups in total. The molecule has 3 aromatic rings. The average molecular weight is 441 g/mol. The summed E-state index contributed by atoms with van der Waals surface area (Å²) in [5.41, 5.74) is 5.24. The van der Waals surface area contributed by atoms with Crippen molar-refractivity contribution in [3.05, 3.63) is 94.8 Å². The summed E-state index contributed by atoms with van der Waals surface area (Å²) in [7, 11) is 0. The molecule has 0 aliphatic carbocycles. The predicted molar refractivity (Wildman–Crippen MR) is 116 cm³/mol. The number of carboxylic acids is 1. The average Bonchev–Trinajstić information content (AvgIpc) is 2.78. The van der Waals surface area contributed by atoms with Gasteiger partial charge in [0.25, 0.3) is 0 Å². The molecule has 1 heterocycles. The fraction of sp³-hybridized carbons (Fsp3) is 0.269. The number of halogens is 1. The van der Waals surface area contributed by atoms with Crippen LogP contribution in [-0.2, 0) is 30.8 Å². The normalized spacial score (nSPS) is 12.6. The summed E-state index contributed by atoms with van der Waals surface area (Å²) in [6, 6.07) is 21.4. The van der Waals surface area contributed by atoms with Crippen molar-refractivity contribution < 1.29 is 48.6 Å². The maximum Gasteiger partial charge on any atom is 1.00 e. The fourth-order valence-electron chi connectivity index (χ4n) is 3.98. The van der Waals surface area contributed by atoms with Crippen molar-refractivity contribution >= 4 is 11.7 Å². The van der Waals surface area contributed by atoms with E-state index in [9.17, 15) is 14.3 Å². The van der Waals surface area contributed by atoms with E-state index < -0.39 is 11.8 Å². The standard InChI is InChI=1S/C26H26FNO3.Na/c27-24-16-23(12-10-21(24)11-13-26(29)30)31-18-20-8-9-22-7-4-14-28(25(22)15-20)17-19-5-2-1-3-6-19;/h1-3,5-6,8-10,12,15-16H,4,7,11,13-14,17-18H2,(H,29,30);/q;+1/p-1. The SMILES string of the molecule is O=C([O-])CCc1ccc(OCc2ccc3c(c2)N(Cc2ccccc2)CCC3)cc1F.[Na+]. The number of anilines is 1. The van der Waals surface area contributed by atoms with E-state index in [0.717, 1.165) is 31.5 Å². The van der Waals surface area contributed by atoms with Crippen LogP contribution in [0.4, 0.5) is 10.1 Å². The molecule has 0 saturated heterocycles. The van der Waals surface area contributed by atoms with Crippen LogP contribution in [0.1, 0.15) is 35.1 Å². The minimum absolute atomic E-state index is 0. The van der Waals surface area contributed by atoms with E-state index in [0.29, 0.717) is 17.9 Å². The van der Waals surface area contributed by atoms with Crippen LogP contribution < -0.4 is 44.3 Å². The van der Waals surface area contributed by atoms with E-state index in [4.69, 9.17) is 4.74 Å². The Balaban J connectivity index is 0.00000289. The number of aliphatic carboxylic acids is 1. The molecule has 1 aliphatic rings. The van der Waals surface area contributed by atoms with Gasteiger partial charge in [0, 0.05) is 30.8 Å². The molecule has 3 aromatic carbocycles. The van der Waals surface area contributed by atoms with Crippen LogP contribution in [-0.4, -0.2) is 12.5 Å². The van der Waals surface area contributed by atoms with E-state index in [1.165, 1.54) is 22.9 Å². The number of carbonyl (C=O) groups is 1. The number of nitrogens with zero attached hydrogens (tertiary/aromatic N) is 1. The Kier molecular flexibility index (Phi) is 8.74. The van der Waals surface area contributed by atoms with Crippen molar-refractivity contribution in [1.82, 2.24) is 0 Å². The molecule has 4 nitrogen and oxygen atoms in total. The van der Waals surface area contributed by atoms with E-state index in [1.54, 1.807) is 12.1 Å². The number of fused-ring (bicyclic) bond motifs is 1. The number of carboxylic acid groups (broad SMARTS) is 1. The summed E-state index contributed by atoms with van der Waals surface area (Å²) in [4.78, 5) is 13.0. The van der Waals surface area contributed by atoms with Gasteiger partial charge in [0.1, 0.15) is 18.2 Å². The molecule has 6 heteroatoms. The Labute approximate surface area is 210 Å². The molecule has 4 rings (SSSR count). The van der Waals surface area contributed by atoms with Gasteiger partial charge in [-0.05, 0) is 60.1 Å². The molecule has 32 heavy (non-hydrogen) atoms. The fourth-order valence-corrected chi connectivity index (χ4v) is 3.98. The van der Waals surface area contributed by atoms with Gasteiger partial charge in [-0.25, -0.2) is 4.39 Å². The maximum atomic E-state index is 14.2. The van der Waals surface area contributed by atoms with Gasteiger partial charge in [-0.3, -0.25) is 0 Å². The molecule has 0 unspecified atom stereocenters. The van der Waals surface area contributed by atoms with Crippen LogP contribution in [0.15, 0.2) is 66.7 Å². The first-order valence-corrected chi connectivity index (χ1v) is 10.6. The Morgan fingerprint density at radius 2 is 1.84 bits per heavy atom. The monoisotopic (exact) mass is 441 g/mol. The summed E-state index contributed by atoms with van der Waals surface area (Å²) >= 11 is 0. The molecule has 0 bridgehead atoms. The number of hydrogen-bond acceptors (Lipinski definition) is 4. The second kappa shape index (κ2) is 11.5. The second-order valence-electron chi connectivity index (χ2n) is 7.89. The van der Waals surface area contributed by atoms with Crippen molar-refractivity contribution in [2.45, 2.75) is 38.8 Å². The van der Waals surface area contributed by atoms with Crippen LogP contribution in [0.25, 0.3) is 0 Å². The quantitative estimate of drug-likeness (QED) is 0.491. The molecule has 0 fully saturated rings. The van der Waals surface area contributed by atoms with Gasteiger partial charge < -0.3 is 19.5 Å². The number of ether oxygens (including phenoxy) is 1. The van der Waals surface area contributed by atoms with E-state index in [2.05, 4.69) is 47.4 Å². The van der Waals surface area contributed by atoms with Gasteiger partial charge in [-0.1, -0.05) is 48.5 Å². The van der Waals surface area contributed by atoms with Crippen molar-refractivity contribution in [3.8, 4) is 5.75 Å². The van der Waals surface area contributed by atoms with Crippen molar-refractivity contribution in [2.24, 2.45) is 0 Å². The van der Waals surface area contributed by atoms with Gasteiger partial charge in [0.15, 0.2) is 0 Å². The Morgan fingerprint density at radius 3 is 2.59 bits per heavy atom. The molecule has 0 saturated carbocycles. The third-order valence-electron chi connectivity index (χ3n) is 5.61. The summed E-state index contributed by atoms with van der Waals surface area (Å²) in [6.07, 6.45) is 2.11. The zero-order chi connectivity index (χ0) is 21.6. The van der Waals surface area contributed by atoms with Gasteiger partial charge >= 0.3 is 29.6 Å². The molecule has 0 aromatic heterocycles. The Hall–Kier alpha value is -2.34. The largest absolute Gasteiger partial charge is 1.00 e.